The maximum atomic E-state index is 12.7. The topological polar surface area (TPSA) is 57.7 Å². The fraction of sp³-hybridized carbons (Fsp3) is 0.769. The molecule has 1 heterocycles. The Morgan fingerprint density at radius 3 is 2.16 bits per heavy atom. The number of nitrogens with zero attached hydrogens (tertiary/aromatic N) is 2. The van der Waals surface area contributed by atoms with Crippen LogP contribution in [0.4, 0.5) is 0 Å². The maximum absolute atomic E-state index is 12.7. The molecule has 1 spiro atoms. The molecule has 0 atom stereocenters. The molecule has 108 valence electrons. The predicted octanol–water partition coefficient (Wildman–Crippen LogP) is 1.33. The van der Waals surface area contributed by atoms with Gasteiger partial charge in [0.1, 0.15) is 4.91 Å². The molecule has 1 aliphatic carbocycles. The molecule has 2 aliphatic rings. The van der Waals surface area contributed by atoms with E-state index in [2.05, 4.69) is 0 Å². The highest BCUT2D eigenvalue weighted by molar-refractivity contribution is 7.94. The minimum absolute atomic E-state index is 0.0538. The second kappa shape index (κ2) is 4.90. The van der Waals surface area contributed by atoms with Crippen molar-refractivity contribution in [2.75, 3.05) is 21.1 Å². The number of carbonyl (C=O) groups is 1. The van der Waals surface area contributed by atoms with Crippen molar-refractivity contribution in [1.29, 1.82) is 0 Å². The smallest absolute Gasteiger partial charge is 0.248 e. The van der Waals surface area contributed by atoms with Gasteiger partial charge in [0.25, 0.3) is 0 Å². The van der Waals surface area contributed by atoms with E-state index >= 15 is 0 Å². The fourth-order valence-electron chi connectivity index (χ4n) is 3.08. The third-order valence-corrected chi connectivity index (χ3v) is 6.11. The second-order valence-electron chi connectivity index (χ2n) is 5.70. The average molecular weight is 286 g/mol. The van der Waals surface area contributed by atoms with Crippen molar-refractivity contribution in [3.05, 3.63) is 11.1 Å². The number of ketones is 1. The minimum atomic E-state index is -3.63. The quantitative estimate of drug-likeness (QED) is 0.682. The second-order valence-corrected chi connectivity index (χ2v) is 7.64. The Labute approximate surface area is 115 Å². The van der Waals surface area contributed by atoms with Gasteiger partial charge in [-0.3, -0.25) is 4.79 Å². The summed E-state index contributed by atoms with van der Waals surface area (Å²) in [6, 6.07) is 0. The van der Waals surface area contributed by atoms with Gasteiger partial charge in [0.15, 0.2) is 5.78 Å². The lowest BCUT2D eigenvalue weighted by Gasteiger charge is -2.31. The largest absolute Gasteiger partial charge is 0.382 e. The first-order valence-corrected chi connectivity index (χ1v) is 8.18. The first kappa shape index (κ1) is 14.5. The van der Waals surface area contributed by atoms with Crippen LogP contribution in [0.2, 0.25) is 0 Å². The Hall–Kier alpha value is -0.880. The molecule has 6 heteroatoms. The van der Waals surface area contributed by atoms with Gasteiger partial charge in [-0.2, -0.15) is 4.31 Å². The Morgan fingerprint density at radius 1 is 1.16 bits per heavy atom. The van der Waals surface area contributed by atoms with Crippen LogP contribution in [0.5, 0.6) is 0 Å². The fourth-order valence-corrected chi connectivity index (χ4v) is 4.87. The molecule has 1 saturated heterocycles. The molecule has 2 fully saturated rings. The first-order chi connectivity index (χ1) is 8.82. The van der Waals surface area contributed by atoms with Gasteiger partial charge in [-0.1, -0.05) is 25.7 Å². The highest BCUT2D eigenvalue weighted by Crippen LogP contribution is 2.43. The van der Waals surface area contributed by atoms with E-state index in [1.165, 1.54) is 10.5 Å². The van der Waals surface area contributed by atoms with Crippen molar-refractivity contribution < 1.29 is 13.2 Å². The molecule has 1 saturated carbocycles. The van der Waals surface area contributed by atoms with Gasteiger partial charge in [0.2, 0.25) is 10.0 Å². The molecule has 0 unspecified atom stereocenters. The average Bonchev–Trinajstić information content (AvgIpc) is 2.58. The third kappa shape index (κ3) is 2.21. The summed E-state index contributed by atoms with van der Waals surface area (Å²) < 4.78 is 26.2. The zero-order valence-electron chi connectivity index (χ0n) is 11.8. The van der Waals surface area contributed by atoms with Crippen LogP contribution >= 0.6 is 0 Å². The van der Waals surface area contributed by atoms with Crippen molar-refractivity contribution in [3.63, 3.8) is 0 Å². The summed E-state index contributed by atoms with van der Waals surface area (Å²) in [5.41, 5.74) is -0.822. The van der Waals surface area contributed by atoms with Crippen LogP contribution in [-0.4, -0.2) is 50.1 Å². The van der Waals surface area contributed by atoms with Crippen molar-refractivity contribution in [3.8, 4) is 0 Å². The van der Waals surface area contributed by atoms with E-state index < -0.39 is 15.6 Å². The molecular weight excluding hydrogens is 264 g/mol. The standard InChI is InChI=1S/C13H22N2O3S/c1-14(2)10-11-12(16)13(15(3)19(11,17)18)8-6-4-5-7-9-13/h10H,4-9H2,1-3H3/b11-10-. The summed E-state index contributed by atoms with van der Waals surface area (Å²) in [7, 11) is 1.38. The molecule has 2 rings (SSSR count). The van der Waals surface area contributed by atoms with Crippen LogP contribution in [0.25, 0.3) is 0 Å². The lowest BCUT2D eigenvalue weighted by Crippen LogP contribution is -2.46. The van der Waals surface area contributed by atoms with Crippen LogP contribution in [0.1, 0.15) is 38.5 Å². The molecule has 19 heavy (non-hydrogen) atoms. The number of sulfonamides is 1. The lowest BCUT2D eigenvalue weighted by molar-refractivity contribution is -0.122. The molecular formula is C13H22N2O3S. The van der Waals surface area contributed by atoms with Gasteiger partial charge in [0, 0.05) is 27.3 Å². The highest BCUT2D eigenvalue weighted by atomic mass is 32.2. The van der Waals surface area contributed by atoms with E-state index in [0.29, 0.717) is 12.8 Å². The van der Waals surface area contributed by atoms with Gasteiger partial charge in [-0.25, -0.2) is 8.42 Å². The van der Waals surface area contributed by atoms with Crippen molar-refractivity contribution in [2.24, 2.45) is 0 Å². The zero-order chi connectivity index (χ0) is 14.3. The Kier molecular flexibility index (Phi) is 3.75. The van der Waals surface area contributed by atoms with Crippen LogP contribution in [0.3, 0.4) is 0 Å². The first-order valence-electron chi connectivity index (χ1n) is 6.74. The van der Waals surface area contributed by atoms with Gasteiger partial charge in [-0.15, -0.1) is 0 Å². The maximum Gasteiger partial charge on any atom is 0.248 e. The number of hydrogen-bond acceptors (Lipinski definition) is 4. The molecule has 5 nitrogen and oxygen atoms in total. The normalized spacial score (nSPS) is 28.8. The lowest BCUT2D eigenvalue weighted by atomic mass is 9.85. The van der Waals surface area contributed by atoms with E-state index in [4.69, 9.17) is 0 Å². The van der Waals surface area contributed by atoms with Crippen molar-refractivity contribution in [1.82, 2.24) is 9.21 Å². The summed E-state index contributed by atoms with van der Waals surface area (Å²) >= 11 is 0. The van der Waals surface area contributed by atoms with Gasteiger partial charge >= 0.3 is 0 Å². The molecule has 0 bridgehead atoms. The predicted molar refractivity (Wildman–Crippen MR) is 73.9 cm³/mol. The molecule has 0 aromatic heterocycles. The summed E-state index contributed by atoms with van der Waals surface area (Å²) in [5.74, 6) is -0.217. The number of hydrogen-bond donors (Lipinski definition) is 0. The Bertz CT molecular complexity index is 500. The third-order valence-electron chi connectivity index (χ3n) is 4.19. The number of likely N-dealkylation sites (N-methyl/N-ethyl adjacent to an activating group) is 1. The molecule has 0 aromatic rings. The van der Waals surface area contributed by atoms with E-state index in [1.807, 2.05) is 0 Å². The minimum Gasteiger partial charge on any atom is -0.382 e. The van der Waals surface area contributed by atoms with Crippen molar-refractivity contribution in [2.45, 2.75) is 44.1 Å². The van der Waals surface area contributed by atoms with Gasteiger partial charge in [0.05, 0.1) is 5.54 Å². The molecule has 0 radical (unpaired) electrons. The van der Waals surface area contributed by atoms with E-state index in [-0.39, 0.29) is 10.7 Å². The van der Waals surface area contributed by atoms with E-state index in [0.717, 1.165) is 25.7 Å². The summed E-state index contributed by atoms with van der Waals surface area (Å²) in [5, 5.41) is 0. The molecule has 0 amide bonds. The van der Waals surface area contributed by atoms with Crippen LogP contribution < -0.4 is 0 Å². The zero-order valence-corrected chi connectivity index (χ0v) is 12.7. The SMILES string of the molecule is CN(C)/C=C1/C(=O)C2(CCCCCC2)N(C)S1(=O)=O. The van der Waals surface area contributed by atoms with Crippen LogP contribution in [0, 0.1) is 0 Å². The molecule has 0 aromatic carbocycles. The summed E-state index contributed by atoms with van der Waals surface area (Å²) in [6.45, 7) is 0. The Morgan fingerprint density at radius 2 is 1.68 bits per heavy atom. The van der Waals surface area contributed by atoms with Gasteiger partial charge in [-0.05, 0) is 12.8 Å². The van der Waals surface area contributed by atoms with Crippen molar-refractivity contribution >= 4 is 15.8 Å². The highest BCUT2D eigenvalue weighted by Gasteiger charge is 2.57. The van der Waals surface area contributed by atoms with E-state index in [1.54, 1.807) is 26.0 Å². The number of carbonyl (C=O) groups excluding carboxylic acids is 1. The monoisotopic (exact) mass is 286 g/mol. The van der Waals surface area contributed by atoms with Crippen LogP contribution in [-0.2, 0) is 14.8 Å². The summed E-state index contributed by atoms with van der Waals surface area (Å²) in [6.07, 6.45) is 6.72. The Balaban J connectivity index is 2.51. The molecule has 1 aliphatic heterocycles. The van der Waals surface area contributed by atoms with Crippen LogP contribution in [0.15, 0.2) is 11.1 Å². The van der Waals surface area contributed by atoms with E-state index in [9.17, 15) is 13.2 Å². The number of rotatable bonds is 1. The summed E-state index contributed by atoms with van der Waals surface area (Å²) in [4.78, 5) is 14.2. The molecule has 0 N–H and O–H groups in total. The number of Topliss-reactive ketones (excluding diaryl/α,β-unsaturated/α-hetero) is 1. The van der Waals surface area contributed by atoms with Gasteiger partial charge < -0.3 is 4.90 Å².